The maximum atomic E-state index is 6.15. The highest BCUT2D eigenvalue weighted by Crippen LogP contribution is 2.35. The van der Waals surface area contributed by atoms with Crippen molar-refractivity contribution in [3.8, 4) is 11.5 Å². The first-order valence-corrected chi connectivity index (χ1v) is 7.24. The fourth-order valence-corrected chi connectivity index (χ4v) is 2.79. The molecule has 3 rings (SSSR count). The number of anilines is 1. The molecular weight excluding hydrogens is 254 g/mol. The minimum Gasteiger partial charge on any atom is -0.486 e. The Kier molecular flexibility index (Phi) is 3.72. The minimum absolute atomic E-state index is 0.585. The van der Waals surface area contributed by atoms with Gasteiger partial charge in [0.1, 0.15) is 13.2 Å². The van der Waals surface area contributed by atoms with Gasteiger partial charge in [0.2, 0.25) is 0 Å². The number of benzene rings is 1. The number of likely N-dealkylation sites (N-methyl/N-ethyl adjacent to an activating group) is 1. The Morgan fingerprint density at radius 3 is 2.60 bits per heavy atom. The summed E-state index contributed by atoms with van der Waals surface area (Å²) in [6, 6.07) is 4.51. The Balaban J connectivity index is 1.74. The van der Waals surface area contributed by atoms with Crippen molar-refractivity contribution in [2.24, 2.45) is 0 Å². The molecule has 5 heteroatoms. The van der Waals surface area contributed by atoms with E-state index in [1.165, 1.54) is 0 Å². The molecule has 2 heterocycles. The first-order chi connectivity index (χ1) is 9.63. The third-order valence-corrected chi connectivity index (χ3v) is 4.24. The standard InChI is InChI=1S/C15H23N3O2/c1-11-9-18(4-3-17(11)2)10-12-7-14-15(8-13(12)16)20-6-5-19-14/h7-8,11H,3-6,9-10,16H2,1-2H3. The van der Waals surface area contributed by atoms with Crippen LogP contribution in [0.5, 0.6) is 11.5 Å². The number of fused-ring (bicyclic) bond motifs is 1. The van der Waals surface area contributed by atoms with Gasteiger partial charge in [-0.3, -0.25) is 4.90 Å². The molecule has 0 spiro atoms. The number of piperazine rings is 1. The predicted molar refractivity (Wildman–Crippen MR) is 79.2 cm³/mol. The van der Waals surface area contributed by atoms with Crippen molar-refractivity contribution in [3.05, 3.63) is 17.7 Å². The summed E-state index contributed by atoms with van der Waals surface area (Å²) < 4.78 is 11.2. The zero-order valence-electron chi connectivity index (χ0n) is 12.3. The zero-order valence-corrected chi connectivity index (χ0v) is 12.3. The molecule has 2 aliphatic heterocycles. The number of hydrogen-bond donors (Lipinski definition) is 1. The van der Waals surface area contributed by atoms with E-state index in [-0.39, 0.29) is 0 Å². The Hall–Kier alpha value is -1.46. The van der Waals surface area contributed by atoms with Crippen molar-refractivity contribution in [3.63, 3.8) is 0 Å². The van der Waals surface area contributed by atoms with Crippen molar-refractivity contribution in [1.82, 2.24) is 9.80 Å². The smallest absolute Gasteiger partial charge is 0.163 e. The summed E-state index contributed by atoms with van der Waals surface area (Å²) in [6.07, 6.45) is 0. The number of nitrogens with zero attached hydrogens (tertiary/aromatic N) is 2. The molecule has 110 valence electrons. The first-order valence-electron chi connectivity index (χ1n) is 7.24. The normalized spacial score (nSPS) is 23.8. The van der Waals surface area contributed by atoms with Gasteiger partial charge < -0.3 is 20.1 Å². The molecule has 1 aromatic carbocycles. The van der Waals surface area contributed by atoms with Crippen molar-refractivity contribution < 1.29 is 9.47 Å². The van der Waals surface area contributed by atoms with E-state index in [0.29, 0.717) is 19.3 Å². The molecule has 0 radical (unpaired) electrons. The number of hydrogen-bond acceptors (Lipinski definition) is 5. The molecule has 0 aliphatic carbocycles. The molecule has 0 aromatic heterocycles. The maximum Gasteiger partial charge on any atom is 0.163 e. The zero-order chi connectivity index (χ0) is 14.1. The third kappa shape index (κ3) is 2.69. The molecule has 1 saturated heterocycles. The van der Waals surface area contributed by atoms with Crippen molar-refractivity contribution in [2.75, 3.05) is 45.6 Å². The highest BCUT2D eigenvalue weighted by atomic mass is 16.6. The average Bonchev–Trinajstić information content (AvgIpc) is 2.44. The van der Waals surface area contributed by atoms with Crippen LogP contribution >= 0.6 is 0 Å². The van der Waals surface area contributed by atoms with Crippen LogP contribution in [0.3, 0.4) is 0 Å². The van der Waals surface area contributed by atoms with Gasteiger partial charge in [0, 0.05) is 44.0 Å². The second kappa shape index (κ2) is 5.50. The summed E-state index contributed by atoms with van der Waals surface area (Å²) in [4.78, 5) is 4.84. The number of ether oxygens (including phenoxy) is 2. The summed E-state index contributed by atoms with van der Waals surface area (Å²) in [5.41, 5.74) is 8.07. The Labute approximate surface area is 120 Å². The van der Waals surface area contributed by atoms with E-state index in [1.807, 2.05) is 12.1 Å². The van der Waals surface area contributed by atoms with Gasteiger partial charge in [0.15, 0.2) is 11.5 Å². The van der Waals surface area contributed by atoms with Crippen LogP contribution < -0.4 is 15.2 Å². The van der Waals surface area contributed by atoms with Crippen molar-refractivity contribution >= 4 is 5.69 Å². The van der Waals surface area contributed by atoms with Gasteiger partial charge in [-0.15, -0.1) is 0 Å². The van der Waals surface area contributed by atoms with Crippen LogP contribution in [-0.2, 0) is 6.54 Å². The molecule has 5 nitrogen and oxygen atoms in total. The topological polar surface area (TPSA) is 51.0 Å². The molecular formula is C15H23N3O2. The van der Waals surface area contributed by atoms with E-state index in [9.17, 15) is 0 Å². The monoisotopic (exact) mass is 277 g/mol. The number of nitrogen functional groups attached to an aromatic ring is 1. The molecule has 1 aromatic rings. The molecule has 2 aliphatic rings. The molecule has 0 saturated carbocycles. The van der Waals surface area contributed by atoms with Gasteiger partial charge >= 0.3 is 0 Å². The summed E-state index contributed by atoms with van der Waals surface area (Å²) in [5.74, 6) is 1.59. The summed E-state index contributed by atoms with van der Waals surface area (Å²) in [6.45, 7) is 7.61. The maximum absolute atomic E-state index is 6.15. The molecule has 2 N–H and O–H groups in total. The van der Waals surface area contributed by atoms with Gasteiger partial charge in [-0.1, -0.05) is 0 Å². The van der Waals surface area contributed by atoms with Crippen LogP contribution in [0.15, 0.2) is 12.1 Å². The van der Waals surface area contributed by atoms with Gasteiger partial charge in [0.05, 0.1) is 0 Å². The van der Waals surface area contributed by atoms with E-state index in [4.69, 9.17) is 15.2 Å². The Morgan fingerprint density at radius 1 is 1.20 bits per heavy atom. The molecule has 0 bridgehead atoms. The van der Waals surface area contributed by atoms with Gasteiger partial charge in [-0.05, 0) is 25.6 Å². The van der Waals surface area contributed by atoms with Gasteiger partial charge in [-0.25, -0.2) is 0 Å². The second-order valence-electron chi connectivity index (χ2n) is 5.76. The highest BCUT2D eigenvalue weighted by molar-refractivity contribution is 5.58. The van der Waals surface area contributed by atoms with Crippen LogP contribution in [0.2, 0.25) is 0 Å². The summed E-state index contributed by atoms with van der Waals surface area (Å²) in [5, 5.41) is 0. The molecule has 1 unspecified atom stereocenters. The van der Waals surface area contributed by atoms with Crippen molar-refractivity contribution in [2.45, 2.75) is 19.5 Å². The van der Waals surface area contributed by atoms with E-state index < -0.39 is 0 Å². The Morgan fingerprint density at radius 2 is 1.90 bits per heavy atom. The fraction of sp³-hybridized carbons (Fsp3) is 0.600. The molecule has 1 fully saturated rings. The van der Waals surface area contributed by atoms with Crippen LogP contribution in [0.25, 0.3) is 0 Å². The summed E-state index contributed by atoms with van der Waals surface area (Å²) >= 11 is 0. The lowest BCUT2D eigenvalue weighted by Crippen LogP contribution is -2.49. The van der Waals surface area contributed by atoms with E-state index >= 15 is 0 Å². The molecule has 20 heavy (non-hydrogen) atoms. The van der Waals surface area contributed by atoms with Crippen LogP contribution in [0.4, 0.5) is 5.69 Å². The quantitative estimate of drug-likeness (QED) is 0.823. The number of nitrogens with two attached hydrogens (primary N) is 1. The second-order valence-corrected chi connectivity index (χ2v) is 5.76. The van der Waals surface area contributed by atoms with E-state index in [1.54, 1.807) is 0 Å². The minimum atomic E-state index is 0.585. The van der Waals surface area contributed by atoms with Crippen LogP contribution in [-0.4, -0.2) is 55.7 Å². The fourth-order valence-electron chi connectivity index (χ4n) is 2.79. The SMILES string of the molecule is CC1CN(Cc2cc3c(cc2N)OCCO3)CCN1C. The Bertz CT molecular complexity index is 492. The van der Waals surface area contributed by atoms with Crippen LogP contribution in [0, 0.1) is 0 Å². The summed E-state index contributed by atoms with van der Waals surface area (Å²) in [7, 11) is 2.18. The largest absolute Gasteiger partial charge is 0.486 e. The predicted octanol–water partition coefficient (Wildman–Crippen LogP) is 1.18. The third-order valence-electron chi connectivity index (χ3n) is 4.24. The van der Waals surface area contributed by atoms with Crippen LogP contribution in [0.1, 0.15) is 12.5 Å². The molecule has 0 amide bonds. The molecule has 1 atom stereocenters. The van der Waals surface area contributed by atoms with E-state index in [0.717, 1.165) is 48.9 Å². The lowest BCUT2D eigenvalue weighted by molar-refractivity contribution is 0.0999. The lowest BCUT2D eigenvalue weighted by Gasteiger charge is -2.38. The highest BCUT2D eigenvalue weighted by Gasteiger charge is 2.22. The van der Waals surface area contributed by atoms with Gasteiger partial charge in [-0.2, -0.15) is 0 Å². The van der Waals surface area contributed by atoms with Gasteiger partial charge in [0.25, 0.3) is 0 Å². The lowest BCUT2D eigenvalue weighted by atomic mass is 10.1. The van der Waals surface area contributed by atoms with Crippen molar-refractivity contribution in [1.29, 1.82) is 0 Å². The number of rotatable bonds is 2. The average molecular weight is 277 g/mol. The first kappa shape index (κ1) is 13.5. The van der Waals surface area contributed by atoms with E-state index in [2.05, 4.69) is 23.8 Å².